The number of sulfonamides is 1. The van der Waals surface area contributed by atoms with Crippen LogP contribution in [0.1, 0.15) is 55.5 Å². The van der Waals surface area contributed by atoms with Gasteiger partial charge in [0, 0.05) is 20.1 Å². The first-order valence-corrected chi connectivity index (χ1v) is 11.0. The molecule has 0 bridgehead atoms. The summed E-state index contributed by atoms with van der Waals surface area (Å²) in [7, 11) is -0.829. The Bertz CT molecular complexity index is 835. The van der Waals surface area contributed by atoms with Crippen molar-refractivity contribution in [3.05, 3.63) is 29.3 Å². The number of aryl methyl sites for hydroxylation is 1. The number of esters is 1. The molecule has 156 valence electrons. The first-order chi connectivity index (χ1) is 13.0. The van der Waals surface area contributed by atoms with Gasteiger partial charge < -0.3 is 10.1 Å². The molecular formula is C20H30N2O5S. The summed E-state index contributed by atoms with van der Waals surface area (Å²) < 4.78 is 31.0. The number of nitrogens with zero attached hydrogens (tertiary/aromatic N) is 1. The number of rotatable bonds is 6. The molecule has 0 heterocycles. The van der Waals surface area contributed by atoms with E-state index in [0.717, 1.165) is 23.6 Å². The third kappa shape index (κ3) is 5.11. The van der Waals surface area contributed by atoms with Gasteiger partial charge in [-0.2, -0.15) is 0 Å². The van der Waals surface area contributed by atoms with Crippen LogP contribution >= 0.6 is 0 Å². The van der Waals surface area contributed by atoms with Crippen LogP contribution < -0.4 is 5.32 Å². The van der Waals surface area contributed by atoms with Crippen molar-refractivity contribution in [2.24, 2.45) is 5.92 Å². The monoisotopic (exact) mass is 410 g/mol. The number of amides is 1. The summed E-state index contributed by atoms with van der Waals surface area (Å²) in [6.07, 6.45) is 3.29. The molecular weight excluding hydrogens is 380 g/mol. The summed E-state index contributed by atoms with van der Waals surface area (Å²) >= 11 is 0. The van der Waals surface area contributed by atoms with Gasteiger partial charge in [-0.25, -0.2) is 17.5 Å². The molecule has 0 radical (unpaired) electrons. The van der Waals surface area contributed by atoms with Gasteiger partial charge in [0.2, 0.25) is 10.0 Å². The van der Waals surface area contributed by atoms with Gasteiger partial charge in [-0.3, -0.25) is 4.79 Å². The minimum atomic E-state index is -3.67. The van der Waals surface area contributed by atoms with E-state index in [2.05, 4.69) is 12.2 Å². The Hall–Kier alpha value is -1.93. The van der Waals surface area contributed by atoms with E-state index in [1.165, 1.54) is 39.6 Å². The maximum atomic E-state index is 12.6. The van der Waals surface area contributed by atoms with Crippen LogP contribution in [0, 0.1) is 12.8 Å². The van der Waals surface area contributed by atoms with Crippen molar-refractivity contribution in [2.75, 3.05) is 14.1 Å². The van der Waals surface area contributed by atoms with Crippen molar-refractivity contribution >= 4 is 21.9 Å². The highest BCUT2D eigenvalue weighted by molar-refractivity contribution is 7.89. The molecule has 1 saturated carbocycles. The van der Waals surface area contributed by atoms with E-state index in [4.69, 9.17) is 4.74 Å². The predicted molar refractivity (Wildman–Crippen MR) is 106 cm³/mol. The first-order valence-electron chi connectivity index (χ1n) is 9.58. The highest BCUT2D eigenvalue weighted by Crippen LogP contribution is 2.24. The second kappa shape index (κ2) is 9.05. The highest BCUT2D eigenvalue weighted by atomic mass is 32.2. The first kappa shape index (κ1) is 22.4. The number of carbonyl (C=O) groups excluding carboxylic acids is 2. The van der Waals surface area contributed by atoms with Crippen molar-refractivity contribution < 1.29 is 22.7 Å². The Morgan fingerprint density at radius 3 is 2.46 bits per heavy atom. The average Bonchev–Trinajstić information content (AvgIpc) is 2.63. The lowest BCUT2D eigenvalue weighted by Crippen LogP contribution is -2.46. The SMILES string of the molecule is Cc1ccc(S(=O)(=O)N(C)C)cc1C(=O)O[C@@H](C)C(=O)N[C@@H]1CCCC[C@@H]1C. The molecule has 7 nitrogen and oxygen atoms in total. The zero-order valence-electron chi connectivity index (χ0n) is 17.2. The molecule has 1 N–H and O–H groups in total. The Kier molecular flexibility index (Phi) is 7.22. The molecule has 0 aromatic heterocycles. The topological polar surface area (TPSA) is 92.8 Å². The van der Waals surface area contributed by atoms with Gasteiger partial charge >= 0.3 is 5.97 Å². The lowest BCUT2D eigenvalue weighted by atomic mass is 9.86. The molecule has 1 amide bonds. The summed E-state index contributed by atoms with van der Waals surface area (Å²) in [5.41, 5.74) is 0.713. The molecule has 1 aromatic rings. The second-order valence-corrected chi connectivity index (χ2v) is 9.84. The van der Waals surface area contributed by atoms with Gasteiger partial charge in [-0.15, -0.1) is 0 Å². The van der Waals surface area contributed by atoms with Crippen LogP contribution in [-0.2, 0) is 19.6 Å². The van der Waals surface area contributed by atoms with E-state index in [1.807, 2.05) is 0 Å². The predicted octanol–water partition coefficient (Wildman–Crippen LogP) is 2.49. The van der Waals surface area contributed by atoms with E-state index < -0.39 is 22.1 Å². The minimum absolute atomic E-state index is 0.00295. The standard InChI is InChI=1S/C20H30N2O5S/c1-13-10-11-16(28(25,26)22(4)5)12-17(13)20(24)27-15(3)19(23)21-18-9-7-6-8-14(18)2/h10-12,14-15,18H,6-9H2,1-5H3,(H,21,23)/t14-,15-,18+/m0/s1. The fourth-order valence-electron chi connectivity index (χ4n) is 3.30. The lowest BCUT2D eigenvalue weighted by molar-refractivity contribution is -0.130. The molecule has 28 heavy (non-hydrogen) atoms. The lowest BCUT2D eigenvalue weighted by Gasteiger charge is -2.30. The number of nitrogens with one attached hydrogen (secondary N) is 1. The quantitative estimate of drug-likeness (QED) is 0.728. The van der Waals surface area contributed by atoms with Gasteiger partial charge in [0.1, 0.15) is 0 Å². The van der Waals surface area contributed by atoms with Crippen molar-refractivity contribution in [2.45, 2.75) is 63.5 Å². The van der Waals surface area contributed by atoms with E-state index in [-0.39, 0.29) is 22.4 Å². The fourth-order valence-corrected chi connectivity index (χ4v) is 4.23. The average molecular weight is 411 g/mol. The van der Waals surface area contributed by atoms with Gasteiger partial charge in [-0.05, 0) is 50.3 Å². The molecule has 1 fully saturated rings. The Labute approximate surface area is 167 Å². The third-order valence-electron chi connectivity index (χ3n) is 5.30. The summed E-state index contributed by atoms with van der Waals surface area (Å²) in [5, 5.41) is 2.97. The van der Waals surface area contributed by atoms with Crippen LogP contribution in [0.2, 0.25) is 0 Å². The van der Waals surface area contributed by atoms with Crippen molar-refractivity contribution in [3.8, 4) is 0 Å². The normalized spacial score (nSPS) is 21.2. The van der Waals surface area contributed by atoms with E-state index in [1.54, 1.807) is 13.0 Å². The largest absolute Gasteiger partial charge is 0.449 e. The summed E-state index contributed by atoms with van der Waals surface area (Å²) in [6.45, 7) is 5.33. The summed E-state index contributed by atoms with van der Waals surface area (Å²) in [4.78, 5) is 25.0. The molecule has 2 rings (SSSR count). The van der Waals surface area contributed by atoms with E-state index in [0.29, 0.717) is 11.5 Å². The second-order valence-electron chi connectivity index (χ2n) is 7.69. The molecule has 0 spiro atoms. The molecule has 0 aliphatic heterocycles. The zero-order valence-corrected chi connectivity index (χ0v) is 18.0. The zero-order chi connectivity index (χ0) is 21.1. The number of benzene rings is 1. The minimum Gasteiger partial charge on any atom is -0.449 e. The third-order valence-corrected chi connectivity index (χ3v) is 7.11. The molecule has 1 aromatic carbocycles. The Morgan fingerprint density at radius 1 is 1.21 bits per heavy atom. The van der Waals surface area contributed by atoms with Crippen molar-refractivity contribution in [3.63, 3.8) is 0 Å². The van der Waals surface area contributed by atoms with E-state index >= 15 is 0 Å². The van der Waals surface area contributed by atoms with Gasteiger partial charge in [0.25, 0.3) is 5.91 Å². The molecule has 0 saturated heterocycles. The van der Waals surface area contributed by atoms with Crippen LogP contribution in [0.25, 0.3) is 0 Å². The summed E-state index contributed by atoms with van der Waals surface area (Å²) in [6, 6.07) is 4.39. The molecule has 1 aliphatic rings. The van der Waals surface area contributed by atoms with Gasteiger partial charge in [0.05, 0.1) is 10.5 Å². The number of hydrogen-bond acceptors (Lipinski definition) is 5. The van der Waals surface area contributed by atoms with Gasteiger partial charge in [-0.1, -0.05) is 25.8 Å². The molecule has 3 atom stereocenters. The smallest absolute Gasteiger partial charge is 0.339 e. The number of hydrogen-bond donors (Lipinski definition) is 1. The number of carbonyl (C=O) groups is 2. The molecule has 0 unspecified atom stereocenters. The van der Waals surface area contributed by atoms with Crippen LogP contribution in [0.3, 0.4) is 0 Å². The maximum Gasteiger partial charge on any atom is 0.339 e. The Morgan fingerprint density at radius 2 is 1.86 bits per heavy atom. The molecule has 8 heteroatoms. The van der Waals surface area contributed by atoms with Crippen molar-refractivity contribution in [1.82, 2.24) is 9.62 Å². The highest BCUT2D eigenvalue weighted by Gasteiger charge is 2.27. The molecule has 1 aliphatic carbocycles. The fraction of sp³-hybridized carbons (Fsp3) is 0.600. The van der Waals surface area contributed by atoms with Crippen LogP contribution in [0.5, 0.6) is 0 Å². The maximum absolute atomic E-state index is 12.6. The Balaban J connectivity index is 2.10. The summed E-state index contributed by atoms with van der Waals surface area (Å²) in [5.74, 6) is -0.648. The van der Waals surface area contributed by atoms with Crippen LogP contribution in [0.15, 0.2) is 23.1 Å². The van der Waals surface area contributed by atoms with Crippen molar-refractivity contribution in [1.29, 1.82) is 0 Å². The van der Waals surface area contributed by atoms with Crippen LogP contribution in [-0.4, -0.2) is 50.8 Å². The van der Waals surface area contributed by atoms with Crippen LogP contribution in [0.4, 0.5) is 0 Å². The van der Waals surface area contributed by atoms with E-state index in [9.17, 15) is 18.0 Å². The number of ether oxygens (including phenoxy) is 1. The van der Waals surface area contributed by atoms with Gasteiger partial charge in [0.15, 0.2) is 6.10 Å².